The van der Waals surface area contributed by atoms with Crippen LogP contribution in [-0.2, 0) is 4.79 Å². The van der Waals surface area contributed by atoms with Crippen molar-refractivity contribution < 1.29 is 15.0 Å². The van der Waals surface area contributed by atoms with Gasteiger partial charge in [0.2, 0.25) is 0 Å². The summed E-state index contributed by atoms with van der Waals surface area (Å²) in [5.74, 6) is -1.05. The maximum absolute atomic E-state index is 10.5. The highest BCUT2D eigenvalue weighted by atomic mass is 35.5. The number of aliphatic carboxylic acids is 1. The van der Waals surface area contributed by atoms with E-state index in [0.717, 1.165) is 0 Å². The van der Waals surface area contributed by atoms with Gasteiger partial charge in [0, 0.05) is 6.04 Å². The van der Waals surface area contributed by atoms with Crippen molar-refractivity contribution in [2.45, 2.75) is 19.4 Å². The minimum absolute atomic E-state index is 0.0463. The summed E-state index contributed by atoms with van der Waals surface area (Å²) in [7, 11) is 0. The van der Waals surface area contributed by atoms with Crippen LogP contribution in [0.15, 0.2) is 12.1 Å². The van der Waals surface area contributed by atoms with Gasteiger partial charge in [-0.05, 0) is 18.1 Å². The Morgan fingerprint density at radius 1 is 1.60 bits per heavy atom. The lowest BCUT2D eigenvalue weighted by atomic mass is 10.0. The fourth-order valence-corrected chi connectivity index (χ4v) is 1.61. The molecule has 5 heteroatoms. The molecule has 0 radical (unpaired) electrons. The fourth-order valence-electron chi connectivity index (χ4n) is 1.26. The van der Waals surface area contributed by atoms with E-state index in [1.54, 1.807) is 19.1 Å². The van der Waals surface area contributed by atoms with Crippen molar-refractivity contribution >= 4 is 17.6 Å². The van der Waals surface area contributed by atoms with E-state index >= 15 is 0 Å². The second kappa shape index (κ2) is 4.51. The van der Waals surface area contributed by atoms with Gasteiger partial charge in [-0.25, -0.2) is 0 Å². The van der Waals surface area contributed by atoms with Crippen LogP contribution < -0.4 is 5.73 Å². The molecule has 0 heterocycles. The predicted octanol–water partition coefficient (Wildman–Crippen LogP) is 1.83. The van der Waals surface area contributed by atoms with Crippen molar-refractivity contribution in [3.05, 3.63) is 28.3 Å². The molecule has 0 bridgehead atoms. The van der Waals surface area contributed by atoms with Gasteiger partial charge in [-0.15, -0.1) is 0 Å². The van der Waals surface area contributed by atoms with E-state index < -0.39 is 12.0 Å². The molecule has 4 nitrogen and oxygen atoms in total. The van der Waals surface area contributed by atoms with Crippen LogP contribution in [0.3, 0.4) is 0 Å². The largest absolute Gasteiger partial charge is 0.506 e. The van der Waals surface area contributed by atoms with Crippen molar-refractivity contribution in [2.75, 3.05) is 0 Å². The van der Waals surface area contributed by atoms with Crippen LogP contribution in [0.5, 0.6) is 5.75 Å². The summed E-state index contributed by atoms with van der Waals surface area (Å²) in [6.45, 7) is 1.70. The first kappa shape index (κ1) is 11.8. The molecule has 0 aliphatic carbocycles. The molecule has 15 heavy (non-hydrogen) atoms. The van der Waals surface area contributed by atoms with Gasteiger partial charge in [-0.2, -0.15) is 0 Å². The second-order valence-corrected chi connectivity index (χ2v) is 3.72. The van der Waals surface area contributed by atoms with Crippen LogP contribution in [0, 0.1) is 6.92 Å². The Hall–Kier alpha value is -1.26. The SMILES string of the molecule is Cc1ccc(C(N)CC(=O)O)c(Cl)c1O. The summed E-state index contributed by atoms with van der Waals surface area (Å²) < 4.78 is 0. The molecule has 0 saturated carbocycles. The summed E-state index contributed by atoms with van der Waals surface area (Å²) in [5.41, 5.74) is 6.72. The van der Waals surface area contributed by atoms with Gasteiger partial charge in [-0.1, -0.05) is 23.7 Å². The third kappa shape index (κ3) is 2.61. The average molecular weight is 230 g/mol. The molecule has 0 amide bonds. The molecule has 0 aromatic heterocycles. The van der Waals surface area contributed by atoms with Crippen LogP contribution >= 0.6 is 11.6 Å². The van der Waals surface area contributed by atoms with Gasteiger partial charge < -0.3 is 15.9 Å². The first-order valence-corrected chi connectivity index (χ1v) is 4.76. The number of aromatic hydroxyl groups is 1. The number of carboxylic acids is 1. The zero-order chi connectivity index (χ0) is 11.6. The van der Waals surface area contributed by atoms with E-state index in [-0.39, 0.29) is 17.2 Å². The zero-order valence-electron chi connectivity index (χ0n) is 8.20. The Bertz CT molecular complexity index is 392. The van der Waals surface area contributed by atoms with Gasteiger partial charge in [0.05, 0.1) is 11.4 Å². The van der Waals surface area contributed by atoms with E-state index in [4.69, 9.17) is 22.4 Å². The number of hydrogen-bond acceptors (Lipinski definition) is 3. The third-order valence-corrected chi connectivity index (χ3v) is 2.54. The zero-order valence-corrected chi connectivity index (χ0v) is 8.95. The third-order valence-electron chi connectivity index (χ3n) is 2.14. The number of rotatable bonds is 3. The highest BCUT2D eigenvalue weighted by Gasteiger charge is 2.16. The van der Waals surface area contributed by atoms with Gasteiger partial charge in [0.15, 0.2) is 0 Å². The summed E-state index contributed by atoms with van der Waals surface area (Å²) in [6.07, 6.45) is -0.220. The number of halogens is 1. The van der Waals surface area contributed by atoms with Gasteiger partial charge in [-0.3, -0.25) is 4.79 Å². The number of aryl methyl sites for hydroxylation is 1. The number of nitrogens with two attached hydrogens (primary N) is 1. The molecule has 0 aliphatic heterocycles. The number of carbonyl (C=O) groups is 1. The van der Waals surface area contributed by atoms with Gasteiger partial charge >= 0.3 is 5.97 Å². The molecule has 0 fully saturated rings. The monoisotopic (exact) mass is 229 g/mol. The topological polar surface area (TPSA) is 83.6 Å². The molecule has 1 rings (SSSR count). The normalized spacial score (nSPS) is 12.5. The van der Waals surface area contributed by atoms with Crippen LogP contribution in [0.1, 0.15) is 23.6 Å². The van der Waals surface area contributed by atoms with Crippen molar-refractivity contribution in [3.8, 4) is 5.75 Å². The molecular formula is C10H12ClNO3. The summed E-state index contributed by atoms with van der Waals surface area (Å²) >= 11 is 5.85. The molecule has 1 aromatic carbocycles. The summed E-state index contributed by atoms with van der Waals surface area (Å²) in [4.78, 5) is 10.5. The lowest BCUT2D eigenvalue weighted by Crippen LogP contribution is -2.15. The number of benzene rings is 1. The average Bonchev–Trinajstić information content (AvgIpc) is 2.13. The molecule has 0 saturated heterocycles. The number of carboxylic acid groups (broad SMARTS) is 1. The number of hydrogen-bond donors (Lipinski definition) is 3. The highest BCUT2D eigenvalue weighted by Crippen LogP contribution is 2.33. The number of phenolic OH excluding ortho intramolecular Hbond substituents is 1. The fraction of sp³-hybridized carbons (Fsp3) is 0.300. The molecule has 0 aliphatic rings. The Labute approximate surface area is 92.3 Å². The van der Waals surface area contributed by atoms with Crippen molar-refractivity contribution in [3.63, 3.8) is 0 Å². The standard InChI is InChI=1S/C10H12ClNO3/c1-5-2-3-6(9(11)10(5)15)7(12)4-8(13)14/h2-3,7,15H,4,12H2,1H3,(H,13,14). The molecular weight excluding hydrogens is 218 g/mol. The van der Waals surface area contributed by atoms with E-state index in [2.05, 4.69) is 0 Å². The first-order chi connectivity index (χ1) is 6.93. The summed E-state index contributed by atoms with van der Waals surface area (Å²) in [5, 5.41) is 18.2. The molecule has 0 spiro atoms. The van der Waals surface area contributed by atoms with E-state index in [0.29, 0.717) is 11.1 Å². The Morgan fingerprint density at radius 3 is 2.73 bits per heavy atom. The van der Waals surface area contributed by atoms with E-state index in [9.17, 15) is 9.90 Å². The molecule has 1 aromatic rings. The number of phenols is 1. The molecule has 4 N–H and O–H groups in total. The van der Waals surface area contributed by atoms with E-state index in [1.807, 2.05) is 0 Å². The Morgan fingerprint density at radius 2 is 2.20 bits per heavy atom. The highest BCUT2D eigenvalue weighted by molar-refractivity contribution is 6.33. The lowest BCUT2D eigenvalue weighted by molar-refractivity contribution is -0.137. The maximum atomic E-state index is 10.5. The molecule has 1 unspecified atom stereocenters. The Kier molecular flexibility index (Phi) is 3.55. The predicted molar refractivity (Wildman–Crippen MR) is 57.0 cm³/mol. The van der Waals surface area contributed by atoms with Gasteiger partial charge in [0.1, 0.15) is 5.75 Å². The molecule has 82 valence electrons. The van der Waals surface area contributed by atoms with E-state index in [1.165, 1.54) is 0 Å². The quantitative estimate of drug-likeness (QED) is 0.738. The van der Waals surface area contributed by atoms with Crippen molar-refractivity contribution in [1.29, 1.82) is 0 Å². The van der Waals surface area contributed by atoms with Crippen LogP contribution in [0.25, 0.3) is 0 Å². The van der Waals surface area contributed by atoms with Crippen LogP contribution in [-0.4, -0.2) is 16.2 Å². The first-order valence-electron chi connectivity index (χ1n) is 4.38. The molecule has 1 atom stereocenters. The summed E-state index contributed by atoms with van der Waals surface area (Å²) in [6, 6.07) is 2.57. The smallest absolute Gasteiger partial charge is 0.305 e. The Balaban J connectivity index is 3.05. The van der Waals surface area contributed by atoms with Crippen molar-refractivity contribution in [2.24, 2.45) is 5.73 Å². The maximum Gasteiger partial charge on any atom is 0.305 e. The lowest BCUT2D eigenvalue weighted by Gasteiger charge is -2.13. The van der Waals surface area contributed by atoms with Crippen molar-refractivity contribution in [1.82, 2.24) is 0 Å². The second-order valence-electron chi connectivity index (χ2n) is 3.34. The van der Waals surface area contributed by atoms with Crippen LogP contribution in [0.2, 0.25) is 5.02 Å². The minimum atomic E-state index is -1.00. The van der Waals surface area contributed by atoms with Gasteiger partial charge in [0.25, 0.3) is 0 Å². The minimum Gasteiger partial charge on any atom is -0.506 e. The van der Waals surface area contributed by atoms with Crippen LogP contribution in [0.4, 0.5) is 0 Å².